The summed E-state index contributed by atoms with van der Waals surface area (Å²) in [4.78, 5) is 28.0. The number of aromatic nitrogens is 2. The first kappa shape index (κ1) is 15.8. The summed E-state index contributed by atoms with van der Waals surface area (Å²) in [6.07, 6.45) is 1.98. The molecular weight excluding hydrogens is 338 g/mol. The molecule has 2 aromatic carbocycles. The van der Waals surface area contributed by atoms with Crippen LogP contribution in [0.4, 0.5) is 5.69 Å². The normalized spacial score (nSPS) is 13.9. The zero-order valence-electron chi connectivity index (χ0n) is 13.3. The molecule has 1 heterocycles. The molecule has 1 aliphatic carbocycles. The number of nitro groups is 1. The standard InChI is InChI=1S/C18H15N3O3S/c22-17-15-6-1-2-7-16(15)19-18(20(17)13-8-9-13)25-11-12-4-3-5-14(10-12)21(23)24/h1-7,10,13H,8-9,11H2. The predicted octanol–water partition coefficient (Wildman–Crippen LogP) is 3.93. The van der Waals surface area contributed by atoms with E-state index in [1.165, 1.54) is 17.8 Å². The van der Waals surface area contributed by atoms with E-state index >= 15 is 0 Å². The van der Waals surface area contributed by atoms with Crippen LogP contribution >= 0.6 is 11.8 Å². The maximum atomic E-state index is 12.8. The molecule has 0 bridgehead atoms. The Morgan fingerprint density at radius 1 is 1.20 bits per heavy atom. The smallest absolute Gasteiger partial charge is 0.269 e. The fraction of sp³-hybridized carbons (Fsp3) is 0.222. The van der Waals surface area contributed by atoms with Crippen molar-refractivity contribution in [1.29, 1.82) is 0 Å². The first-order valence-corrected chi connectivity index (χ1v) is 8.99. The molecule has 1 aromatic heterocycles. The number of nitro benzene ring substituents is 1. The summed E-state index contributed by atoms with van der Waals surface area (Å²) in [5.41, 5.74) is 1.59. The second-order valence-corrected chi connectivity index (χ2v) is 6.98. The van der Waals surface area contributed by atoms with Crippen molar-refractivity contribution < 1.29 is 4.92 Å². The molecule has 0 unspecified atom stereocenters. The minimum absolute atomic E-state index is 0.00496. The highest BCUT2D eigenvalue weighted by Crippen LogP contribution is 2.37. The molecule has 6 nitrogen and oxygen atoms in total. The summed E-state index contributed by atoms with van der Waals surface area (Å²) in [6.45, 7) is 0. The Morgan fingerprint density at radius 2 is 2.00 bits per heavy atom. The van der Waals surface area contributed by atoms with Crippen LogP contribution in [0, 0.1) is 10.1 Å². The second kappa shape index (κ2) is 6.33. The maximum absolute atomic E-state index is 12.8. The number of thioether (sulfide) groups is 1. The van der Waals surface area contributed by atoms with Crippen LogP contribution in [-0.4, -0.2) is 14.5 Å². The highest BCUT2D eigenvalue weighted by Gasteiger charge is 2.28. The van der Waals surface area contributed by atoms with Crippen LogP contribution in [0.15, 0.2) is 58.5 Å². The van der Waals surface area contributed by atoms with Crippen molar-refractivity contribution in [2.24, 2.45) is 0 Å². The lowest BCUT2D eigenvalue weighted by Crippen LogP contribution is -2.22. The topological polar surface area (TPSA) is 78.0 Å². The highest BCUT2D eigenvalue weighted by molar-refractivity contribution is 7.98. The third-order valence-electron chi connectivity index (χ3n) is 4.18. The lowest BCUT2D eigenvalue weighted by Gasteiger charge is -2.12. The van der Waals surface area contributed by atoms with Crippen LogP contribution < -0.4 is 5.56 Å². The maximum Gasteiger partial charge on any atom is 0.269 e. The van der Waals surface area contributed by atoms with Crippen molar-refractivity contribution in [3.63, 3.8) is 0 Å². The summed E-state index contributed by atoms with van der Waals surface area (Å²) in [7, 11) is 0. The Bertz CT molecular complexity index is 1030. The molecule has 0 saturated heterocycles. The average molecular weight is 353 g/mol. The van der Waals surface area contributed by atoms with Crippen LogP contribution in [-0.2, 0) is 5.75 Å². The Kier molecular flexibility index (Phi) is 4.01. The van der Waals surface area contributed by atoms with Crippen molar-refractivity contribution in [2.45, 2.75) is 29.8 Å². The van der Waals surface area contributed by atoms with E-state index in [1.54, 1.807) is 22.8 Å². The first-order chi connectivity index (χ1) is 12.1. The fourth-order valence-corrected chi connectivity index (χ4v) is 3.80. The third kappa shape index (κ3) is 3.15. The molecule has 1 aliphatic rings. The molecule has 0 amide bonds. The van der Waals surface area contributed by atoms with Crippen molar-refractivity contribution in [1.82, 2.24) is 9.55 Å². The average Bonchev–Trinajstić information content (AvgIpc) is 3.45. The number of hydrogen-bond donors (Lipinski definition) is 0. The van der Waals surface area contributed by atoms with E-state index in [0.29, 0.717) is 21.8 Å². The van der Waals surface area contributed by atoms with E-state index in [1.807, 2.05) is 24.3 Å². The number of rotatable bonds is 5. The van der Waals surface area contributed by atoms with Crippen molar-refractivity contribution >= 4 is 28.4 Å². The Morgan fingerprint density at radius 3 is 2.76 bits per heavy atom. The minimum atomic E-state index is -0.400. The van der Waals surface area contributed by atoms with E-state index < -0.39 is 4.92 Å². The van der Waals surface area contributed by atoms with Crippen LogP contribution in [0.3, 0.4) is 0 Å². The van der Waals surface area contributed by atoms with E-state index in [0.717, 1.165) is 18.4 Å². The van der Waals surface area contributed by atoms with Crippen LogP contribution in [0.25, 0.3) is 10.9 Å². The molecule has 0 atom stereocenters. The van der Waals surface area contributed by atoms with Gasteiger partial charge in [0.15, 0.2) is 5.16 Å². The summed E-state index contributed by atoms with van der Waals surface area (Å²) >= 11 is 1.45. The number of fused-ring (bicyclic) bond motifs is 1. The van der Waals surface area contributed by atoms with Gasteiger partial charge >= 0.3 is 0 Å². The Balaban J connectivity index is 1.69. The van der Waals surface area contributed by atoms with Crippen molar-refractivity contribution in [3.8, 4) is 0 Å². The summed E-state index contributed by atoms with van der Waals surface area (Å²) in [5, 5.41) is 12.2. The number of nitrogens with zero attached hydrogens (tertiary/aromatic N) is 3. The van der Waals surface area contributed by atoms with Crippen LogP contribution in [0.1, 0.15) is 24.4 Å². The number of non-ortho nitro benzene ring substituents is 1. The molecular formula is C18H15N3O3S. The highest BCUT2D eigenvalue weighted by atomic mass is 32.2. The lowest BCUT2D eigenvalue weighted by molar-refractivity contribution is -0.384. The van der Waals surface area contributed by atoms with Crippen molar-refractivity contribution in [2.75, 3.05) is 0 Å². The van der Waals surface area contributed by atoms with E-state index in [2.05, 4.69) is 4.98 Å². The zero-order valence-corrected chi connectivity index (χ0v) is 14.1. The van der Waals surface area contributed by atoms with Gasteiger partial charge < -0.3 is 0 Å². The Labute approximate surface area is 147 Å². The molecule has 25 heavy (non-hydrogen) atoms. The molecule has 4 rings (SSSR count). The van der Waals surface area contributed by atoms with Gasteiger partial charge in [-0.2, -0.15) is 0 Å². The minimum Gasteiger partial charge on any atom is -0.284 e. The van der Waals surface area contributed by atoms with Gasteiger partial charge in [-0.05, 0) is 30.5 Å². The first-order valence-electron chi connectivity index (χ1n) is 8.01. The molecule has 1 saturated carbocycles. The molecule has 126 valence electrons. The molecule has 0 N–H and O–H groups in total. The monoisotopic (exact) mass is 353 g/mol. The number of hydrogen-bond acceptors (Lipinski definition) is 5. The quantitative estimate of drug-likeness (QED) is 0.300. The number of benzene rings is 2. The van der Waals surface area contributed by atoms with E-state index in [-0.39, 0.29) is 17.3 Å². The predicted molar refractivity (Wildman–Crippen MR) is 96.9 cm³/mol. The van der Waals surface area contributed by atoms with Gasteiger partial charge in [-0.25, -0.2) is 4.98 Å². The Hall–Kier alpha value is -2.67. The molecule has 0 aliphatic heterocycles. The van der Waals surface area contributed by atoms with Crippen LogP contribution in [0.2, 0.25) is 0 Å². The van der Waals surface area contributed by atoms with Gasteiger partial charge in [-0.15, -0.1) is 0 Å². The van der Waals surface area contributed by atoms with Gasteiger partial charge in [0.05, 0.1) is 15.8 Å². The van der Waals surface area contributed by atoms with E-state index in [4.69, 9.17) is 0 Å². The molecule has 7 heteroatoms. The van der Waals surface area contributed by atoms with Gasteiger partial charge in [0.2, 0.25) is 0 Å². The van der Waals surface area contributed by atoms with Gasteiger partial charge in [0, 0.05) is 23.9 Å². The lowest BCUT2D eigenvalue weighted by atomic mass is 10.2. The largest absolute Gasteiger partial charge is 0.284 e. The third-order valence-corrected chi connectivity index (χ3v) is 5.20. The molecule has 0 spiro atoms. The fourth-order valence-electron chi connectivity index (χ4n) is 2.79. The van der Waals surface area contributed by atoms with Gasteiger partial charge in [0.25, 0.3) is 11.2 Å². The summed E-state index contributed by atoms with van der Waals surface area (Å²) < 4.78 is 1.78. The van der Waals surface area contributed by atoms with Crippen molar-refractivity contribution in [3.05, 3.63) is 74.6 Å². The SMILES string of the molecule is O=c1c2ccccc2nc(SCc2cccc([N+](=O)[O-])c2)n1C1CC1. The molecule has 0 radical (unpaired) electrons. The molecule has 3 aromatic rings. The molecule has 1 fully saturated rings. The van der Waals surface area contributed by atoms with Gasteiger partial charge in [-0.3, -0.25) is 19.5 Å². The van der Waals surface area contributed by atoms with E-state index in [9.17, 15) is 14.9 Å². The zero-order chi connectivity index (χ0) is 17.4. The summed E-state index contributed by atoms with van der Waals surface area (Å²) in [5.74, 6) is 0.527. The second-order valence-electron chi connectivity index (χ2n) is 6.03. The van der Waals surface area contributed by atoms with Gasteiger partial charge in [-0.1, -0.05) is 36.0 Å². The van der Waals surface area contributed by atoms with Crippen LogP contribution in [0.5, 0.6) is 0 Å². The summed E-state index contributed by atoms with van der Waals surface area (Å²) in [6, 6.07) is 14.1. The number of para-hydroxylation sites is 1. The van der Waals surface area contributed by atoms with Gasteiger partial charge in [0.1, 0.15) is 0 Å².